The number of sulfonamides is 1. The van der Waals surface area contributed by atoms with E-state index in [9.17, 15) is 13.5 Å². The highest BCUT2D eigenvalue weighted by atomic mass is 32.2. The molecule has 106 valence electrons. The molecule has 0 radical (unpaired) electrons. The number of hydrazine groups is 1. The van der Waals surface area contributed by atoms with Crippen molar-refractivity contribution < 1.29 is 13.5 Å². The van der Waals surface area contributed by atoms with Gasteiger partial charge in [0.2, 0.25) is 10.0 Å². The molecule has 2 rings (SSSR count). The second kappa shape index (κ2) is 5.04. The third-order valence-electron chi connectivity index (χ3n) is 3.36. The van der Waals surface area contributed by atoms with Crippen LogP contribution >= 0.6 is 0 Å². The van der Waals surface area contributed by atoms with Crippen LogP contribution in [-0.4, -0.2) is 41.5 Å². The minimum absolute atomic E-state index is 0.0547. The maximum atomic E-state index is 12.5. The van der Waals surface area contributed by atoms with Crippen LogP contribution in [0.1, 0.15) is 19.8 Å². The van der Waals surface area contributed by atoms with Gasteiger partial charge in [0.05, 0.1) is 11.3 Å². The van der Waals surface area contributed by atoms with Gasteiger partial charge in [-0.3, -0.25) is 10.8 Å². The van der Waals surface area contributed by atoms with E-state index in [0.717, 1.165) is 0 Å². The minimum atomic E-state index is -3.64. The van der Waals surface area contributed by atoms with Gasteiger partial charge in [0, 0.05) is 25.5 Å². The Morgan fingerprint density at radius 3 is 2.68 bits per heavy atom. The summed E-state index contributed by atoms with van der Waals surface area (Å²) >= 11 is 0. The van der Waals surface area contributed by atoms with Crippen LogP contribution in [-0.2, 0) is 10.0 Å². The Morgan fingerprint density at radius 2 is 2.11 bits per heavy atom. The number of rotatable bonds is 3. The minimum Gasteiger partial charge on any atom is -0.390 e. The Morgan fingerprint density at radius 1 is 1.47 bits per heavy atom. The Bertz CT molecular complexity index is 549. The maximum Gasteiger partial charge on any atom is 0.246 e. The number of nitrogen functional groups attached to an aromatic ring is 1. The number of hydrogen-bond donors (Lipinski definition) is 3. The first-order valence-corrected chi connectivity index (χ1v) is 7.44. The van der Waals surface area contributed by atoms with Crippen molar-refractivity contribution in [2.45, 2.75) is 30.3 Å². The fraction of sp³-hybridized carbons (Fsp3) is 0.545. The summed E-state index contributed by atoms with van der Waals surface area (Å²) in [5.41, 5.74) is 1.88. The van der Waals surface area contributed by atoms with E-state index in [1.807, 2.05) is 0 Å². The largest absolute Gasteiger partial charge is 0.390 e. The van der Waals surface area contributed by atoms with Gasteiger partial charge in [-0.1, -0.05) is 0 Å². The summed E-state index contributed by atoms with van der Waals surface area (Å²) in [5.74, 6) is 5.32. The zero-order valence-electron chi connectivity index (χ0n) is 10.7. The molecule has 0 atom stereocenters. The maximum absolute atomic E-state index is 12.5. The number of nitrogens with two attached hydrogens (primary N) is 1. The quantitative estimate of drug-likeness (QED) is 0.529. The summed E-state index contributed by atoms with van der Waals surface area (Å²) in [6, 6.07) is 1.51. The summed E-state index contributed by atoms with van der Waals surface area (Å²) in [7, 11) is -3.64. The highest BCUT2D eigenvalue weighted by molar-refractivity contribution is 7.89. The molecule has 2 heterocycles. The average molecular weight is 286 g/mol. The molecule has 4 N–H and O–H groups in total. The third kappa shape index (κ3) is 2.86. The monoisotopic (exact) mass is 286 g/mol. The normalized spacial score (nSPS) is 20.2. The van der Waals surface area contributed by atoms with E-state index >= 15 is 0 Å². The number of nitrogens with zero attached hydrogens (tertiary/aromatic N) is 2. The molecule has 1 aliphatic heterocycles. The molecule has 7 nitrogen and oxygen atoms in total. The van der Waals surface area contributed by atoms with E-state index in [4.69, 9.17) is 5.84 Å². The molecule has 1 saturated heterocycles. The summed E-state index contributed by atoms with van der Waals surface area (Å²) in [6.07, 6.45) is 3.57. The average Bonchev–Trinajstić information content (AvgIpc) is 2.38. The van der Waals surface area contributed by atoms with Crippen LogP contribution in [0.4, 0.5) is 5.69 Å². The SMILES string of the molecule is CC1(O)CCN(S(=O)(=O)c2cnccc2NN)CC1. The molecule has 0 unspecified atom stereocenters. The van der Waals surface area contributed by atoms with E-state index in [0.29, 0.717) is 18.5 Å². The first kappa shape index (κ1) is 14.2. The van der Waals surface area contributed by atoms with Gasteiger partial charge in [-0.15, -0.1) is 0 Å². The molecule has 1 aromatic heterocycles. The molecule has 0 bridgehead atoms. The van der Waals surface area contributed by atoms with E-state index in [1.54, 1.807) is 6.92 Å². The second-order valence-electron chi connectivity index (χ2n) is 4.92. The lowest BCUT2D eigenvalue weighted by Gasteiger charge is -2.35. The molecule has 0 spiro atoms. The summed E-state index contributed by atoms with van der Waals surface area (Å²) in [5, 5.41) is 9.86. The molecule has 1 aromatic rings. The van der Waals surface area contributed by atoms with E-state index in [1.165, 1.54) is 22.8 Å². The fourth-order valence-electron chi connectivity index (χ4n) is 2.05. The topological polar surface area (TPSA) is 109 Å². The first-order chi connectivity index (χ1) is 8.87. The van der Waals surface area contributed by atoms with Crippen LogP contribution in [0.15, 0.2) is 23.4 Å². The van der Waals surface area contributed by atoms with E-state index < -0.39 is 15.6 Å². The van der Waals surface area contributed by atoms with Gasteiger partial charge in [0.25, 0.3) is 0 Å². The van der Waals surface area contributed by atoms with Gasteiger partial charge in [-0.05, 0) is 25.8 Å². The predicted octanol–water partition coefficient (Wildman–Crippen LogP) is -0.0973. The molecule has 19 heavy (non-hydrogen) atoms. The van der Waals surface area contributed by atoms with Gasteiger partial charge in [-0.2, -0.15) is 4.31 Å². The zero-order chi connectivity index (χ0) is 14.1. The summed E-state index contributed by atoms with van der Waals surface area (Å²) in [6.45, 7) is 2.29. The Balaban J connectivity index is 2.28. The number of aromatic nitrogens is 1. The molecule has 0 saturated carbocycles. The molecular weight excluding hydrogens is 268 g/mol. The van der Waals surface area contributed by atoms with Gasteiger partial charge in [0.15, 0.2) is 0 Å². The Kier molecular flexibility index (Phi) is 3.77. The van der Waals surface area contributed by atoms with Gasteiger partial charge in [-0.25, -0.2) is 8.42 Å². The van der Waals surface area contributed by atoms with E-state index in [-0.39, 0.29) is 18.0 Å². The molecule has 0 aliphatic carbocycles. The van der Waals surface area contributed by atoms with Gasteiger partial charge in [0.1, 0.15) is 4.90 Å². The van der Waals surface area contributed by atoms with Crippen molar-refractivity contribution >= 4 is 15.7 Å². The number of aliphatic hydroxyl groups is 1. The highest BCUT2D eigenvalue weighted by Gasteiger charge is 2.35. The zero-order valence-corrected chi connectivity index (χ0v) is 11.5. The number of piperidine rings is 1. The van der Waals surface area contributed by atoms with Crippen LogP contribution in [0.25, 0.3) is 0 Å². The fourth-order valence-corrected chi connectivity index (χ4v) is 3.59. The third-order valence-corrected chi connectivity index (χ3v) is 5.28. The Labute approximate surface area is 112 Å². The van der Waals surface area contributed by atoms with Crippen molar-refractivity contribution in [3.05, 3.63) is 18.5 Å². The lowest BCUT2D eigenvalue weighted by atomic mass is 9.95. The van der Waals surface area contributed by atoms with Crippen LogP contribution in [0.5, 0.6) is 0 Å². The van der Waals surface area contributed by atoms with Crippen LogP contribution in [0, 0.1) is 0 Å². The molecule has 0 aromatic carbocycles. The predicted molar refractivity (Wildman–Crippen MR) is 70.7 cm³/mol. The number of pyridine rings is 1. The first-order valence-electron chi connectivity index (χ1n) is 6.00. The van der Waals surface area contributed by atoms with Crippen LogP contribution in [0.2, 0.25) is 0 Å². The molecule has 1 fully saturated rings. The van der Waals surface area contributed by atoms with Gasteiger partial charge < -0.3 is 10.5 Å². The van der Waals surface area contributed by atoms with Crippen molar-refractivity contribution in [3.8, 4) is 0 Å². The van der Waals surface area contributed by atoms with Crippen molar-refractivity contribution in [2.75, 3.05) is 18.5 Å². The smallest absolute Gasteiger partial charge is 0.246 e. The molecule has 0 amide bonds. The molecular formula is C11H18N4O3S. The number of nitrogens with one attached hydrogen (secondary N) is 1. The lowest BCUT2D eigenvalue weighted by Crippen LogP contribution is -2.45. The summed E-state index contributed by atoms with van der Waals surface area (Å²) < 4.78 is 26.3. The molecule has 8 heteroatoms. The molecule has 1 aliphatic rings. The lowest BCUT2D eigenvalue weighted by molar-refractivity contribution is 0.0126. The Hall–Kier alpha value is -1.22. The van der Waals surface area contributed by atoms with Gasteiger partial charge >= 0.3 is 0 Å². The number of anilines is 1. The second-order valence-corrected chi connectivity index (χ2v) is 6.82. The van der Waals surface area contributed by atoms with Crippen molar-refractivity contribution in [3.63, 3.8) is 0 Å². The standard InChI is InChI=1S/C11H18N4O3S/c1-11(16)3-6-15(7-4-11)19(17,18)10-8-13-5-2-9(10)14-12/h2,5,8,16H,3-4,6-7,12H2,1H3,(H,13,14). The van der Waals surface area contributed by atoms with Crippen LogP contribution < -0.4 is 11.3 Å². The van der Waals surface area contributed by atoms with Crippen molar-refractivity contribution in [2.24, 2.45) is 5.84 Å². The van der Waals surface area contributed by atoms with E-state index in [2.05, 4.69) is 10.4 Å². The van der Waals surface area contributed by atoms with Crippen molar-refractivity contribution in [1.82, 2.24) is 9.29 Å². The van der Waals surface area contributed by atoms with Crippen molar-refractivity contribution in [1.29, 1.82) is 0 Å². The van der Waals surface area contributed by atoms with Crippen LogP contribution in [0.3, 0.4) is 0 Å². The summed E-state index contributed by atoms with van der Waals surface area (Å²) in [4.78, 5) is 3.89. The highest BCUT2D eigenvalue weighted by Crippen LogP contribution is 2.28. The number of hydrogen-bond acceptors (Lipinski definition) is 6.